The number of amides is 1. The number of halogens is 2. The van der Waals surface area contributed by atoms with Gasteiger partial charge < -0.3 is 14.8 Å². The first-order valence-electron chi connectivity index (χ1n) is 10.9. The number of sulfonamides is 2. The van der Waals surface area contributed by atoms with Crippen molar-refractivity contribution in [2.24, 2.45) is 0 Å². The minimum atomic E-state index is -3.83. The summed E-state index contributed by atoms with van der Waals surface area (Å²) in [7, 11) is -7.43. The van der Waals surface area contributed by atoms with Gasteiger partial charge in [0.1, 0.15) is 18.4 Å². The summed E-state index contributed by atoms with van der Waals surface area (Å²) in [6, 6.07) is 9.17. The summed E-state index contributed by atoms with van der Waals surface area (Å²) in [5.41, 5.74) is 0.168. The standard InChI is InChI=1S/C22H27Cl2N3O7S2/c1-16(27(35(2,29)30)19-14-17(23)13-18(24)15-19)22(28)25-7-10-34-20-3-5-21(6-4-20)36(31,32)26-8-11-33-12-9-26/h3-6,13-16H,7-12H2,1-2H3,(H,25,28)/t16-/m0/s1. The third-order valence-electron chi connectivity index (χ3n) is 5.29. The van der Waals surface area contributed by atoms with E-state index in [1.54, 1.807) is 0 Å². The number of anilines is 1. The molecule has 0 spiro atoms. The van der Waals surface area contributed by atoms with E-state index in [9.17, 15) is 21.6 Å². The van der Waals surface area contributed by atoms with E-state index in [-0.39, 0.29) is 33.8 Å². The normalized spacial score (nSPS) is 15.8. The highest BCUT2D eigenvalue weighted by molar-refractivity contribution is 7.92. The number of ether oxygens (including phenoxy) is 2. The zero-order chi connectivity index (χ0) is 26.5. The molecular formula is C22H27Cl2N3O7S2. The molecule has 0 aliphatic carbocycles. The first kappa shape index (κ1) is 28.5. The molecule has 1 aliphatic rings. The molecule has 2 aromatic rings. The van der Waals surface area contributed by atoms with Gasteiger partial charge in [-0.15, -0.1) is 0 Å². The fraction of sp³-hybridized carbons (Fsp3) is 0.409. The average molecular weight is 581 g/mol. The molecule has 14 heteroatoms. The topological polar surface area (TPSA) is 122 Å². The van der Waals surface area contributed by atoms with Crippen LogP contribution in [0.3, 0.4) is 0 Å². The average Bonchev–Trinajstić information content (AvgIpc) is 2.81. The van der Waals surface area contributed by atoms with Gasteiger partial charge in [0.15, 0.2) is 0 Å². The molecular weight excluding hydrogens is 553 g/mol. The van der Waals surface area contributed by atoms with Gasteiger partial charge in [-0.2, -0.15) is 4.31 Å². The van der Waals surface area contributed by atoms with E-state index < -0.39 is 32.0 Å². The summed E-state index contributed by atoms with van der Waals surface area (Å²) in [5.74, 6) is -0.128. The summed E-state index contributed by atoms with van der Waals surface area (Å²) in [5, 5.41) is 3.10. The maximum atomic E-state index is 12.7. The van der Waals surface area contributed by atoms with Crippen molar-refractivity contribution < 1.29 is 31.1 Å². The number of hydrogen-bond acceptors (Lipinski definition) is 7. The second kappa shape index (κ2) is 12.0. The lowest BCUT2D eigenvalue weighted by molar-refractivity contribution is -0.121. The molecule has 0 aromatic heterocycles. The zero-order valence-corrected chi connectivity index (χ0v) is 22.8. The minimum Gasteiger partial charge on any atom is -0.492 e. The van der Waals surface area contributed by atoms with E-state index in [0.717, 1.165) is 10.6 Å². The third-order valence-corrected chi connectivity index (χ3v) is 8.88. The fourth-order valence-electron chi connectivity index (χ4n) is 3.61. The highest BCUT2D eigenvalue weighted by atomic mass is 35.5. The molecule has 1 saturated heterocycles. The van der Waals surface area contributed by atoms with Crippen LogP contribution in [0.1, 0.15) is 6.92 Å². The Balaban J connectivity index is 1.56. The fourth-order valence-corrected chi connectivity index (χ4v) is 6.69. The quantitative estimate of drug-likeness (QED) is 0.428. The monoisotopic (exact) mass is 579 g/mol. The second-order valence-corrected chi connectivity index (χ2v) is 12.7. The molecule has 198 valence electrons. The Morgan fingerprint density at radius 1 is 1.08 bits per heavy atom. The van der Waals surface area contributed by atoms with Crippen molar-refractivity contribution in [3.05, 3.63) is 52.5 Å². The molecule has 0 bridgehead atoms. The summed E-state index contributed by atoms with van der Waals surface area (Å²) in [6.45, 7) is 2.94. The van der Waals surface area contributed by atoms with Crippen LogP contribution < -0.4 is 14.4 Å². The summed E-state index contributed by atoms with van der Waals surface area (Å²) in [4.78, 5) is 12.8. The molecule has 10 nitrogen and oxygen atoms in total. The summed E-state index contributed by atoms with van der Waals surface area (Å²) >= 11 is 12.0. The van der Waals surface area contributed by atoms with Gasteiger partial charge in [-0.25, -0.2) is 16.8 Å². The van der Waals surface area contributed by atoms with Gasteiger partial charge in [-0.3, -0.25) is 9.10 Å². The maximum Gasteiger partial charge on any atom is 0.243 e. The molecule has 0 unspecified atom stereocenters. The number of rotatable bonds is 10. The molecule has 0 radical (unpaired) electrons. The smallest absolute Gasteiger partial charge is 0.243 e. The number of hydrogen-bond donors (Lipinski definition) is 1. The lowest BCUT2D eigenvalue weighted by Crippen LogP contribution is -2.48. The third kappa shape index (κ3) is 7.24. The van der Waals surface area contributed by atoms with Crippen LogP contribution in [0.4, 0.5) is 5.69 Å². The molecule has 1 fully saturated rings. The highest BCUT2D eigenvalue weighted by Crippen LogP contribution is 2.28. The van der Waals surface area contributed by atoms with Crippen molar-refractivity contribution in [1.82, 2.24) is 9.62 Å². The van der Waals surface area contributed by atoms with E-state index in [1.165, 1.54) is 53.7 Å². The van der Waals surface area contributed by atoms with E-state index in [2.05, 4.69) is 5.32 Å². The molecule has 36 heavy (non-hydrogen) atoms. The second-order valence-electron chi connectivity index (χ2n) is 7.99. The van der Waals surface area contributed by atoms with Crippen molar-refractivity contribution in [1.29, 1.82) is 0 Å². The first-order chi connectivity index (χ1) is 16.9. The Kier molecular flexibility index (Phi) is 9.47. The molecule has 2 aromatic carbocycles. The van der Waals surface area contributed by atoms with Crippen LogP contribution >= 0.6 is 23.2 Å². The predicted octanol–water partition coefficient (Wildman–Crippen LogP) is 2.36. The summed E-state index contributed by atoms with van der Waals surface area (Å²) < 4.78 is 63.3. The van der Waals surface area contributed by atoms with Gasteiger partial charge in [0.25, 0.3) is 0 Å². The number of carbonyl (C=O) groups excluding carboxylic acids is 1. The lowest BCUT2D eigenvalue weighted by atomic mass is 10.2. The molecule has 1 heterocycles. The van der Waals surface area contributed by atoms with Crippen LogP contribution in [-0.4, -0.2) is 78.8 Å². The van der Waals surface area contributed by atoms with Crippen molar-refractivity contribution in [3.8, 4) is 5.75 Å². The highest BCUT2D eigenvalue weighted by Gasteiger charge is 2.29. The molecule has 1 N–H and O–H groups in total. The van der Waals surface area contributed by atoms with Crippen LogP contribution in [0.5, 0.6) is 5.75 Å². The Labute approximate surface area is 221 Å². The molecule has 3 rings (SSSR count). The molecule has 0 saturated carbocycles. The zero-order valence-electron chi connectivity index (χ0n) is 19.7. The van der Waals surface area contributed by atoms with E-state index >= 15 is 0 Å². The van der Waals surface area contributed by atoms with Crippen molar-refractivity contribution in [2.75, 3.05) is 50.0 Å². The first-order valence-corrected chi connectivity index (χ1v) is 15.0. The molecule has 1 aliphatic heterocycles. The molecule has 1 amide bonds. The van der Waals surface area contributed by atoms with Crippen LogP contribution in [0, 0.1) is 0 Å². The minimum absolute atomic E-state index is 0.0793. The van der Waals surface area contributed by atoms with Gasteiger partial charge in [0, 0.05) is 23.1 Å². The number of morpholine rings is 1. The summed E-state index contributed by atoms with van der Waals surface area (Å²) in [6.07, 6.45) is 0.984. The van der Waals surface area contributed by atoms with E-state index in [1.807, 2.05) is 0 Å². The van der Waals surface area contributed by atoms with Gasteiger partial charge in [-0.05, 0) is 49.4 Å². The van der Waals surface area contributed by atoms with Gasteiger partial charge >= 0.3 is 0 Å². The van der Waals surface area contributed by atoms with Crippen LogP contribution in [-0.2, 0) is 29.6 Å². The SMILES string of the molecule is C[C@@H](C(=O)NCCOc1ccc(S(=O)(=O)N2CCOCC2)cc1)N(c1cc(Cl)cc(Cl)c1)S(C)(=O)=O. The number of nitrogens with zero attached hydrogens (tertiary/aromatic N) is 2. The van der Waals surface area contributed by atoms with Gasteiger partial charge in [0.2, 0.25) is 26.0 Å². The Morgan fingerprint density at radius 2 is 1.67 bits per heavy atom. The van der Waals surface area contributed by atoms with Crippen LogP contribution in [0.15, 0.2) is 47.4 Å². The van der Waals surface area contributed by atoms with Crippen LogP contribution in [0.25, 0.3) is 0 Å². The van der Waals surface area contributed by atoms with Crippen molar-refractivity contribution in [2.45, 2.75) is 17.9 Å². The maximum absolute atomic E-state index is 12.7. The van der Waals surface area contributed by atoms with Crippen LogP contribution in [0.2, 0.25) is 10.0 Å². The van der Waals surface area contributed by atoms with E-state index in [0.29, 0.717) is 32.1 Å². The number of benzene rings is 2. The Bertz CT molecular complexity index is 1260. The lowest BCUT2D eigenvalue weighted by Gasteiger charge is -2.28. The largest absolute Gasteiger partial charge is 0.492 e. The van der Waals surface area contributed by atoms with Crippen molar-refractivity contribution in [3.63, 3.8) is 0 Å². The van der Waals surface area contributed by atoms with Gasteiger partial charge in [0.05, 0.1) is 36.6 Å². The number of nitrogens with one attached hydrogen (secondary N) is 1. The van der Waals surface area contributed by atoms with Crippen molar-refractivity contribution >= 4 is 54.8 Å². The molecule has 1 atom stereocenters. The van der Waals surface area contributed by atoms with Gasteiger partial charge in [-0.1, -0.05) is 23.2 Å². The Morgan fingerprint density at radius 3 is 2.22 bits per heavy atom. The van der Waals surface area contributed by atoms with E-state index in [4.69, 9.17) is 32.7 Å². The predicted molar refractivity (Wildman–Crippen MR) is 138 cm³/mol. The Hall–Kier alpha value is -2.09. The number of carbonyl (C=O) groups is 1.